The van der Waals surface area contributed by atoms with Crippen molar-refractivity contribution in [2.45, 2.75) is 57.4 Å². The molecule has 166 valence electrons. The van der Waals surface area contributed by atoms with Crippen LogP contribution in [0.15, 0.2) is 0 Å². The molecule has 1 aliphatic carbocycles. The largest absolute Gasteiger partial charge is 0.384 e. The van der Waals surface area contributed by atoms with Gasteiger partial charge in [-0.2, -0.15) is 0 Å². The van der Waals surface area contributed by atoms with Crippen LogP contribution >= 0.6 is 12.4 Å². The zero-order valence-electron chi connectivity index (χ0n) is 17.6. The number of rotatable bonds is 7. The molecule has 9 heteroatoms. The Morgan fingerprint density at radius 3 is 2.45 bits per heavy atom. The molecule has 0 aromatic heterocycles. The van der Waals surface area contributed by atoms with Gasteiger partial charge in [0.15, 0.2) is 0 Å². The maximum absolute atomic E-state index is 12.9. The summed E-state index contributed by atoms with van der Waals surface area (Å²) >= 11 is 0. The highest BCUT2D eigenvalue weighted by molar-refractivity contribution is 6.09. The van der Waals surface area contributed by atoms with Crippen LogP contribution in [-0.4, -0.2) is 68.2 Å². The third-order valence-electron chi connectivity index (χ3n) is 6.86. The number of nitrogens with zero attached hydrogens (tertiary/aromatic N) is 1. The predicted octanol–water partition coefficient (Wildman–Crippen LogP) is 1.43. The summed E-state index contributed by atoms with van der Waals surface area (Å²) in [5, 5.41) is 9.14. The number of imide groups is 1. The van der Waals surface area contributed by atoms with Crippen molar-refractivity contribution in [3.05, 3.63) is 0 Å². The normalized spacial score (nSPS) is 28.8. The van der Waals surface area contributed by atoms with Gasteiger partial charge in [-0.15, -0.1) is 12.4 Å². The molecule has 0 bridgehead atoms. The van der Waals surface area contributed by atoms with E-state index in [1.165, 1.54) is 0 Å². The number of hydrogen-bond acceptors (Lipinski definition) is 5. The second kappa shape index (κ2) is 10.1. The molecular weight excluding hydrogens is 396 g/mol. The summed E-state index contributed by atoms with van der Waals surface area (Å²) in [5.74, 6) is 0.0853. The average molecular weight is 431 g/mol. The van der Waals surface area contributed by atoms with Gasteiger partial charge < -0.3 is 20.7 Å². The zero-order valence-corrected chi connectivity index (χ0v) is 18.4. The third kappa shape index (κ3) is 5.22. The van der Waals surface area contributed by atoms with Gasteiger partial charge in [-0.3, -0.25) is 14.5 Å². The van der Waals surface area contributed by atoms with Crippen LogP contribution in [0.4, 0.5) is 4.79 Å². The maximum Gasteiger partial charge on any atom is 0.325 e. The molecule has 3 aliphatic rings. The van der Waals surface area contributed by atoms with E-state index in [4.69, 9.17) is 4.74 Å². The summed E-state index contributed by atoms with van der Waals surface area (Å²) in [5.41, 5.74) is -0.887. The van der Waals surface area contributed by atoms with E-state index >= 15 is 0 Å². The molecule has 0 aromatic carbocycles. The van der Waals surface area contributed by atoms with Gasteiger partial charge in [0.1, 0.15) is 12.1 Å². The molecule has 2 saturated heterocycles. The fourth-order valence-corrected chi connectivity index (χ4v) is 4.86. The Kier molecular flexibility index (Phi) is 8.31. The Labute approximate surface area is 179 Å². The van der Waals surface area contributed by atoms with Crippen molar-refractivity contribution in [3.63, 3.8) is 0 Å². The molecule has 0 radical (unpaired) electrons. The lowest BCUT2D eigenvalue weighted by atomic mass is 9.75. The summed E-state index contributed by atoms with van der Waals surface area (Å²) in [6.45, 7) is 4.81. The highest BCUT2D eigenvalue weighted by Gasteiger charge is 2.52. The number of piperidine rings is 1. The number of halogens is 1. The highest BCUT2D eigenvalue weighted by atomic mass is 35.5. The molecule has 2 heterocycles. The van der Waals surface area contributed by atoms with Gasteiger partial charge >= 0.3 is 6.03 Å². The number of amides is 4. The number of urea groups is 1. The Balaban J connectivity index is 0.00000300. The first-order valence-corrected chi connectivity index (χ1v) is 10.5. The molecule has 1 saturated carbocycles. The number of ether oxygens (including phenoxy) is 1. The predicted molar refractivity (Wildman–Crippen MR) is 112 cm³/mol. The summed E-state index contributed by atoms with van der Waals surface area (Å²) in [6, 6.07) is -0.441. The summed E-state index contributed by atoms with van der Waals surface area (Å²) in [6.07, 6.45) is 6.16. The van der Waals surface area contributed by atoms with E-state index in [-0.39, 0.29) is 36.2 Å². The van der Waals surface area contributed by atoms with Crippen LogP contribution in [0.25, 0.3) is 0 Å². The van der Waals surface area contributed by atoms with E-state index in [0.29, 0.717) is 31.9 Å². The lowest BCUT2D eigenvalue weighted by Crippen LogP contribution is -2.51. The topological polar surface area (TPSA) is 99.8 Å². The van der Waals surface area contributed by atoms with E-state index in [1.54, 1.807) is 7.11 Å². The Bertz CT molecular complexity index is 596. The van der Waals surface area contributed by atoms with Gasteiger partial charge in [0.25, 0.3) is 5.91 Å². The van der Waals surface area contributed by atoms with Gasteiger partial charge in [-0.05, 0) is 57.5 Å². The van der Waals surface area contributed by atoms with Crippen LogP contribution in [-0.2, 0) is 14.3 Å². The van der Waals surface area contributed by atoms with Crippen molar-refractivity contribution in [1.29, 1.82) is 0 Å². The molecule has 2 aliphatic heterocycles. The second-order valence-corrected chi connectivity index (χ2v) is 8.71. The fourth-order valence-electron chi connectivity index (χ4n) is 4.86. The molecule has 29 heavy (non-hydrogen) atoms. The molecule has 0 aromatic rings. The summed E-state index contributed by atoms with van der Waals surface area (Å²) in [7, 11) is 1.67. The molecule has 0 unspecified atom stereocenters. The van der Waals surface area contributed by atoms with E-state index in [2.05, 4.69) is 22.9 Å². The van der Waals surface area contributed by atoms with Crippen LogP contribution in [0.1, 0.15) is 51.9 Å². The first-order chi connectivity index (χ1) is 13.4. The highest BCUT2D eigenvalue weighted by Crippen LogP contribution is 2.37. The van der Waals surface area contributed by atoms with Gasteiger partial charge in [-0.25, -0.2) is 4.79 Å². The first kappa shape index (κ1) is 23.9. The number of methoxy groups -OCH3 is 1. The molecule has 8 nitrogen and oxygen atoms in total. The fraction of sp³-hybridized carbons (Fsp3) is 0.850. The van der Waals surface area contributed by atoms with E-state index in [1.807, 2.05) is 0 Å². The summed E-state index contributed by atoms with van der Waals surface area (Å²) < 4.78 is 5.37. The van der Waals surface area contributed by atoms with Crippen molar-refractivity contribution in [3.8, 4) is 0 Å². The number of hydrogen-bond donors (Lipinski definition) is 3. The molecular formula is C20H35ClN4O4. The molecule has 4 amide bonds. The second-order valence-electron chi connectivity index (χ2n) is 8.71. The minimum atomic E-state index is -0.796. The Morgan fingerprint density at radius 2 is 1.86 bits per heavy atom. The SMILES string of the molecule is CCC1CCC2(CC1)NC(=O)N(CC(=O)NCC1(COC)CCNCC1)C2=O.Cl. The maximum atomic E-state index is 12.9. The van der Waals surface area contributed by atoms with Crippen LogP contribution < -0.4 is 16.0 Å². The minimum Gasteiger partial charge on any atom is -0.384 e. The van der Waals surface area contributed by atoms with Crippen molar-refractivity contribution in [2.24, 2.45) is 11.3 Å². The summed E-state index contributed by atoms with van der Waals surface area (Å²) in [4.78, 5) is 38.9. The molecule has 3 rings (SSSR count). The Morgan fingerprint density at radius 1 is 1.21 bits per heavy atom. The van der Waals surface area contributed by atoms with Crippen LogP contribution in [0, 0.1) is 11.3 Å². The molecule has 3 fully saturated rings. The van der Waals surface area contributed by atoms with E-state index in [9.17, 15) is 14.4 Å². The van der Waals surface area contributed by atoms with Crippen molar-refractivity contribution in [2.75, 3.05) is 39.9 Å². The van der Waals surface area contributed by atoms with Crippen molar-refractivity contribution in [1.82, 2.24) is 20.9 Å². The lowest BCUT2D eigenvalue weighted by molar-refractivity contribution is -0.136. The van der Waals surface area contributed by atoms with Crippen LogP contribution in [0.2, 0.25) is 0 Å². The number of carbonyl (C=O) groups is 3. The van der Waals surface area contributed by atoms with Gasteiger partial charge in [0.05, 0.1) is 6.61 Å². The lowest BCUT2D eigenvalue weighted by Gasteiger charge is -2.37. The average Bonchev–Trinajstić information content (AvgIpc) is 2.92. The zero-order chi connectivity index (χ0) is 20.2. The van der Waals surface area contributed by atoms with E-state index in [0.717, 1.165) is 50.1 Å². The monoisotopic (exact) mass is 430 g/mol. The van der Waals surface area contributed by atoms with Gasteiger partial charge in [0, 0.05) is 19.1 Å². The van der Waals surface area contributed by atoms with E-state index < -0.39 is 11.6 Å². The number of nitrogens with one attached hydrogen (secondary N) is 3. The van der Waals surface area contributed by atoms with Crippen LogP contribution in [0.5, 0.6) is 0 Å². The molecule has 0 atom stereocenters. The third-order valence-corrected chi connectivity index (χ3v) is 6.86. The van der Waals surface area contributed by atoms with Crippen molar-refractivity contribution >= 4 is 30.3 Å². The van der Waals surface area contributed by atoms with Gasteiger partial charge in [0.2, 0.25) is 5.91 Å². The first-order valence-electron chi connectivity index (χ1n) is 10.5. The standard InChI is InChI=1S/C20H34N4O4.ClH/c1-3-15-4-6-20(7-5-15)17(26)24(18(27)23-20)12-16(25)22-13-19(14-28-2)8-10-21-11-9-19;/h15,21H,3-14H2,1-2H3,(H,22,25)(H,23,27);1H. The van der Waals surface area contributed by atoms with Crippen molar-refractivity contribution < 1.29 is 19.1 Å². The van der Waals surface area contributed by atoms with Crippen LogP contribution in [0.3, 0.4) is 0 Å². The molecule has 3 N–H and O–H groups in total. The Hall–Kier alpha value is -1.38. The quantitative estimate of drug-likeness (QED) is 0.530. The molecule has 1 spiro atoms. The van der Waals surface area contributed by atoms with Gasteiger partial charge in [-0.1, -0.05) is 13.3 Å². The number of carbonyl (C=O) groups excluding carboxylic acids is 3. The minimum absolute atomic E-state index is 0. The smallest absolute Gasteiger partial charge is 0.325 e.